The first-order chi connectivity index (χ1) is 15.8. The summed E-state index contributed by atoms with van der Waals surface area (Å²) in [6.07, 6.45) is 0.716. The highest BCUT2D eigenvalue weighted by atomic mass is 32.2. The van der Waals surface area contributed by atoms with E-state index in [1.165, 1.54) is 17.8 Å². The van der Waals surface area contributed by atoms with E-state index in [9.17, 15) is 22.8 Å². The topological polar surface area (TPSA) is 84.0 Å². The number of halogens is 3. The average molecular weight is 495 g/mol. The van der Waals surface area contributed by atoms with Gasteiger partial charge in [-0.1, -0.05) is 54.6 Å². The van der Waals surface area contributed by atoms with Gasteiger partial charge >= 0.3 is 0 Å². The van der Waals surface area contributed by atoms with Gasteiger partial charge in [-0.25, -0.2) is 13.2 Å². The van der Waals surface area contributed by atoms with Crippen LogP contribution < -0.4 is 10.6 Å². The zero-order valence-electron chi connectivity index (χ0n) is 17.6. The third kappa shape index (κ3) is 7.57. The smallest absolute Gasteiger partial charge is 0.248 e. The Bertz CT molecular complexity index is 1110. The van der Waals surface area contributed by atoms with E-state index in [0.29, 0.717) is 28.5 Å². The van der Waals surface area contributed by atoms with Crippen LogP contribution in [0.5, 0.6) is 0 Å². The average Bonchev–Trinajstić information content (AvgIpc) is 3.19. The van der Waals surface area contributed by atoms with Gasteiger partial charge in [0.05, 0.1) is 6.42 Å². The number of nitrogens with zero attached hydrogens (tertiary/aromatic N) is 2. The van der Waals surface area contributed by atoms with E-state index < -0.39 is 29.5 Å². The minimum absolute atomic E-state index is 0.168. The minimum Gasteiger partial charge on any atom is -0.344 e. The SMILES string of the molecule is CCCC(NC(=O)Cc1cc(F)cc(F)c1)C(=O)Nc1nnc(SCc2ccccc2F)s1. The second-order valence-electron chi connectivity index (χ2n) is 7.11. The van der Waals surface area contributed by atoms with Crippen LogP contribution in [0.2, 0.25) is 0 Å². The molecule has 0 fully saturated rings. The van der Waals surface area contributed by atoms with Gasteiger partial charge in [-0.2, -0.15) is 0 Å². The molecule has 174 valence electrons. The maximum absolute atomic E-state index is 13.7. The van der Waals surface area contributed by atoms with Crippen LogP contribution in [0.25, 0.3) is 0 Å². The molecule has 1 atom stereocenters. The number of amides is 2. The van der Waals surface area contributed by atoms with Crippen molar-refractivity contribution in [2.45, 2.75) is 42.3 Å². The fourth-order valence-electron chi connectivity index (χ4n) is 2.97. The number of aromatic nitrogens is 2. The van der Waals surface area contributed by atoms with Gasteiger partial charge in [0, 0.05) is 11.8 Å². The van der Waals surface area contributed by atoms with E-state index in [1.807, 2.05) is 6.92 Å². The Balaban J connectivity index is 1.56. The van der Waals surface area contributed by atoms with E-state index in [-0.39, 0.29) is 22.9 Å². The molecule has 3 aromatic rings. The Kier molecular flexibility index (Phi) is 8.84. The van der Waals surface area contributed by atoms with Crippen molar-refractivity contribution < 1.29 is 22.8 Å². The van der Waals surface area contributed by atoms with Gasteiger partial charge in [0.25, 0.3) is 0 Å². The zero-order valence-corrected chi connectivity index (χ0v) is 19.2. The van der Waals surface area contributed by atoms with Gasteiger partial charge < -0.3 is 5.32 Å². The number of hydrogen-bond acceptors (Lipinski definition) is 6. The van der Waals surface area contributed by atoms with Gasteiger partial charge in [0.2, 0.25) is 16.9 Å². The highest BCUT2D eigenvalue weighted by molar-refractivity contribution is 8.00. The molecule has 2 aromatic carbocycles. The molecule has 2 amide bonds. The number of carbonyl (C=O) groups excluding carboxylic acids is 2. The first kappa shape index (κ1) is 24.7. The van der Waals surface area contributed by atoms with Gasteiger partial charge in [-0.3, -0.25) is 14.9 Å². The van der Waals surface area contributed by atoms with E-state index in [2.05, 4.69) is 20.8 Å². The predicted molar refractivity (Wildman–Crippen MR) is 121 cm³/mol. The normalized spacial score (nSPS) is 11.8. The summed E-state index contributed by atoms with van der Waals surface area (Å²) in [6, 6.07) is 8.44. The highest BCUT2D eigenvalue weighted by Crippen LogP contribution is 2.29. The van der Waals surface area contributed by atoms with Crippen molar-refractivity contribution >= 4 is 40.0 Å². The van der Waals surface area contributed by atoms with E-state index in [0.717, 1.165) is 29.5 Å². The fraction of sp³-hybridized carbons (Fsp3) is 0.273. The van der Waals surface area contributed by atoms with E-state index in [4.69, 9.17) is 0 Å². The number of benzene rings is 2. The molecule has 1 unspecified atom stereocenters. The van der Waals surface area contributed by atoms with Crippen LogP contribution in [0.1, 0.15) is 30.9 Å². The first-order valence-corrected chi connectivity index (χ1v) is 11.9. The van der Waals surface area contributed by atoms with Crippen LogP contribution in [0, 0.1) is 17.5 Å². The minimum atomic E-state index is -0.848. The molecule has 0 spiro atoms. The fourth-order valence-corrected chi connectivity index (χ4v) is 4.71. The van der Waals surface area contributed by atoms with Crippen molar-refractivity contribution in [1.82, 2.24) is 15.5 Å². The predicted octanol–water partition coefficient (Wildman–Crippen LogP) is 4.71. The molecule has 2 N–H and O–H groups in total. The lowest BCUT2D eigenvalue weighted by atomic mass is 10.1. The van der Waals surface area contributed by atoms with Crippen LogP contribution in [0.15, 0.2) is 46.8 Å². The van der Waals surface area contributed by atoms with Crippen LogP contribution in [-0.4, -0.2) is 28.1 Å². The molecule has 0 saturated carbocycles. The lowest BCUT2D eigenvalue weighted by Crippen LogP contribution is -2.44. The van der Waals surface area contributed by atoms with Crippen LogP contribution >= 0.6 is 23.1 Å². The molecule has 3 rings (SSSR count). The summed E-state index contributed by atoms with van der Waals surface area (Å²) >= 11 is 2.43. The highest BCUT2D eigenvalue weighted by Gasteiger charge is 2.22. The van der Waals surface area contributed by atoms with Crippen LogP contribution in [0.4, 0.5) is 18.3 Å². The summed E-state index contributed by atoms with van der Waals surface area (Å²) in [6.45, 7) is 1.86. The molecule has 0 aliphatic heterocycles. The summed E-state index contributed by atoms with van der Waals surface area (Å²) < 4.78 is 41.0. The molecule has 1 aromatic heterocycles. The largest absolute Gasteiger partial charge is 0.344 e. The quantitative estimate of drug-likeness (QED) is 0.315. The van der Waals surface area contributed by atoms with Crippen LogP contribution in [0.3, 0.4) is 0 Å². The first-order valence-electron chi connectivity index (χ1n) is 10.1. The molecule has 0 aliphatic carbocycles. The molecule has 0 aliphatic rings. The lowest BCUT2D eigenvalue weighted by Gasteiger charge is -2.17. The van der Waals surface area contributed by atoms with Crippen molar-refractivity contribution in [3.8, 4) is 0 Å². The number of nitrogens with one attached hydrogen (secondary N) is 2. The second-order valence-corrected chi connectivity index (χ2v) is 9.31. The van der Waals surface area contributed by atoms with E-state index in [1.54, 1.807) is 18.2 Å². The zero-order chi connectivity index (χ0) is 23.8. The van der Waals surface area contributed by atoms with Crippen molar-refractivity contribution in [3.63, 3.8) is 0 Å². The summed E-state index contributed by atoms with van der Waals surface area (Å²) in [5.41, 5.74) is 0.702. The van der Waals surface area contributed by atoms with Crippen molar-refractivity contribution in [2.24, 2.45) is 0 Å². The Morgan fingerprint density at radius 3 is 2.52 bits per heavy atom. The summed E-state index contributed by atoms with van der Waals surface area (Å²) in [7, 11) is 0. The third-order valence-corrected chi connectivity index (χ3v) is 6.48. The Hall–Kier alpha value is -2.92. The van der Waals surface area contributed by atoms with Crippen LogP contribution in [-0.2, 0) is 21.8 Å². The van der Waals surface area contributed by atoms with Crippen molar-refractivity contribution in [2.75, 3.05) is 5.32 Å². The van der Waals surface area contributed by atoms with Gasteiger partial charge in [0.1, 0.15) is 23.5 Å². The summed E-state index contributed by atoms with van der Waals surface area (Å²) in [5, 5.41) is 13.4. The Morgan fingerprint density at radius 1 is 1.09 bits per heavy atom. The van der Waals surface area contributed by atoms with Gasteiger partial charge in [-0.15, -0.1) is 10.2 Å². The van der Waals surface area contributed by atoms with Gasteiger partial charge in [0.15, 0.2) is 4.34 Å². The number of rotatable bonds is 10. The third-order valence-electron chi connectivity index (χ3n) is 4.46. The molecule has 11 heteroatoms. The number of hydrogen-bond donors (Lipinski definition) is 2. The van der Waals surface area contributed by atoms with E-state index >= 15 is 0 Å². The molecule has 1 heterocycles. The monoisotopic (exact) mass is 494 g/mol. The molecular formula is C22H21F3N4O2S2. The van der Waals surface area contributed by atoms with Gasteiger partial charge in [-0.05, 0) is 35.7 Å². The second kappa shape index (κ2) is 11.8. The Labute approximate surface area is 197 Å². The molecule has 0 radical (unpaired) electrons. The molecular weight excluding hydrogens is 473 g/mol. The summed E-state index contributed by atoms with van der Waals surface area (Å²) in [5.74, 6) is -2.50. The number of carbonyl (C=O) groups is 2. The number of thioether (sulfide) groups is 1. The van der Waals surface area contributed by atoms with Crippen molar-refractivity contribution in [3.05, 3.63) is 71.0 Å². The lowest BCUT2D eigenvalue weighted by molar-refractivity contribution is -0.126. The molecule has 33 heavy (non-hydrogen) atoms. The molecule has 6 nitrogen and oxygen atoms in total. The standard InChI is InChI=1S/C22H21F3N4O2S2/c1-2-5-18(26-19(30)10-13-8-15(23)11-16(24)9-13)20(31)27-21-28-29-22(33-21)32-12-14-6-3-4-7-17(14)25/h3-4,6-9,11,18H,2,5,10,12H2,1H3,(H,26,30)(H,27,28,31). The molecule has 0 saturated heterocycles. The van der Waals surface area contributed by atoms with Crippen molar-refractivity contribution in [1.29, 1.82) is 0 Å². The Morgan fingerprint density at radius 2 is 1.82 bits per heavy atom. The summed E-state index contributed by atoms with van der Waals surface area (Å²) in [4.78, 5) is 25.0. The number of anilines is 1. The maximum Gasteiger partial charge on any atom is 0.248 e. The molecule has 0 bridgehead atoms. The maximum atomic E-state index is 13.7.